The maximum atomic E-state index is 2.48. The zero-order valence-corrected chi connectivity index (χ0v) is 24.5. The molecule has 2 fully saturated rings. The van der Waals surface area contributed by atoms with Gasteiger partial charge in [0.15, 0.2) is 0 Å². The van der Waals surface area contributed by atoms with Gasteiger partial charge in [-0.25, -0.2) is 0 Å². The molecule has 2 aliphatic rings. The van der Waals surface area contributed by atoms with E-state index in [1.54, 1.807) is 27.8 Å². The first-order valence-electron chi connectivity index (χ1n) is 14.2. The van der Waals surface area contributed by atoms with Crippen molar-refractivity contribution < 1.29 is 0 Å². The molecule has 0 N–H and O–H groups in total. The molecular weight excluding hydrogens is 427 g/mol. The second-order valence-corrected chi connectivity index (χ2v) is 11.9. The van der Waals surface area contributed by atoms with E-state index in [2.05, 4.69) is 71.9 Å². The Morgan fingerprint density at radius 3 is 1.41 bits per heavy atom. The molecule has 2 aromatic carbocycles. The second-order valence-electron chi connectivity index (χ2n) is 11.9. The van der Waals surface area contributed by atoms with Crippen LogP contribution < -0.4 is 0 Å². The van der Waals surface area contributed by atoms with E-state index in [1.165, 1.54) is 69.8 Å². The van der Waals surface area contributed by atoms with Gasteiger partial charge in [0.25, 0.3) is 0 Å². The van der Waals surface area contributed by atoms with Gasteiger partial charge in [0.1, 0.15) is 0 Å². The van der Waals surface area contributed by atoms with Crippen molar-refractivity contribution in [3.05, 3.63) is 58.1 Å². The van der Waals surface area contributed by atoms with Gasteiger partial charge in [-0.1, -0.05) is 110 Å². The van der Waals surface area contributed by atoms with E-state index in [9.17, 15) is 0 Å². The summed E-state index contributed by atoms with van der Waals surface area (Å²) in [5, 5.41) is 0. The Morgan fingerprint density at radius 1 is 0.529 bits per heavy atom. The molecule has 0 spiro atoms. The van der Waals surface area contributed by atoms with Gasteiger partial charge in [-0.05, 0) is 94.2 Å². The van der Waals surface area contributed by atoms with Crippen molar-refractivity contribution in [1.29, 1.82) is 0 Å². The number of rotatable bonds is 6. The van der Waals surface area contributed by atoms with E-state index in [-0.39, 0.29) is 9.90 Å². The van der Waals surface area contributed by atoms with Gasteiger partial charge in [-0.15, -0.1) is 0 Å². The summed E-state index contributed by atoms with van der Waals surface area (Å²) in [6, 6.07) is 11.5. The zero-order chi connectivity index (χ0) is 23.5. The summed E-state index contributed by atoms with van der Waals surface area (Å²) >= 11 is 0. The molecule has 0 saturated heterocycles. The quantitative estimate of drug-likeness (QED) is 0.362. The van der Waals surface area contributed by atoms with E-state index < -0.39 is 0 Å². The summed E-state index contributed by atoms with van der Waals surface area (Å²) in [5.74, 6) is 3.18. The van der Waals surface area contributed by atoms with Crippen LogP contribution in [-0.4, -0.2) is 0 Å². The Labute approximate surface area is 214 Å². The highest BCUT2D eigenvalue weighted by Crippen LogP contribution is 2.53. The molecule has 0 aromatic heterocycles. The Hall–Kier alpha value is -1.13. The van der Waals surface area contributed by atoms with Gasteiger partial charge in [-0.3, -0.25) is 0 Å². The normalized spacial score (nSPS) is 18.0. The molecule has 0 radical (unpaired) electrons. The first-order chi connectivity index (χ1) is 15.9. The third-order valence-electron chi connectivity index (χ3n) is 8.52. The maximum Gasteiger partial charge on any atom is -0.0108 e. The summed E-state index contributed by atoms with van der Waals surface area (Å²) in [6.07, 6.45) is 14.1. The SMILES string of the molecule is CC(C)c1c(-c2ccccc2)c(C2CCCCC2)c(C2CCCCC2)c(C(C)C)c1C(C)C.P. The van der Waals surface area contributed by atoms with Crippen molar-refractivity contribution >= 4 is 9.90 Å². The van der Waals surface area contributed by atoms with E-state index in [0.717, 1.165) is 11.8 Å². The predicted octanol–water partition coefficient (Wildman–Crippen LogP) is 10.9. The summed E-state index contributed by atoms with van der Waals surface area (Å²) in [6.45, 7) is 14.7. The van der Waals surface area contributed by atoms with Crippen molar-refractivity contribution in [1.82, 2.24) is 0 Å². The summed E-state index contributed by atoms with van der Waals surface area (Å²) < 4.78 is 0. The van der Waals surface area contributed by atoms with Crippen LogP contribution in [0.1, 0.15) is 163 Å². The maximum absolute atomic E-state index is 2.48. The van der Waals surface area contributed by atoms with Gasteiger partial charge in [0.05, 0.1) is 0 Å². The molecule has 2 aromatic rings. The monoisotopic (exact) mass is 478 g/mol. The lowest BCUT2D eigenvalue weighted by molar-refractivity contribution is 0.415. The summed E-state index contributed by atoms with van der Waals surface area (Å²) in [5.41, 5.74) is 11.8. The van der Waals surface area contributed by atoms with E-state index in [1.807, 2.05) is 5.56 Å². The van der Waals surface area contributed by atoms with Crippen LogP contribution in [0.5, 0.6) is 0 Å². The molecule has 2 saturated carbocycles. The lowest BCUT2D eigenvalue weighted by Crippen LogP contribution is -2.21. The molecule has 1 atom stereocenters. The minimum Gasteiger partial charge on any atom is -0.153 e. The molecule has 0 amide bonds. The third-order valence-corrected chi connectivity index (χ3v) is 8.52. The summed E-state index contributed by atoms with van der Waals surface area (Å²) in [4.78, 5) is 0. The molecule has 188 valence electrons. The van der Waals surface area contributed by atoms with Crippen molar-refractivity contribution in [3.63, 3.8) is 0 Å². The van der Waals surface area contributed by atoms with Gasteiger partial charge in [0.2, 0.25) is 0 Å². The number of benzene rings is 2. The largest absolute Gasteiger partial charge is 0.153 e. The average Bonchev–Trinajstić information content (AvgIpc) is 2.83. The van der Waals surface area contributed by atoms with Crippen LogP contribution in [0.15, 0.2) is 30.3 Å². The Bertz CT molecular complexity index is 910. The van der Waals surface area contributed by atoms with E-state index in [0.29, 0.717) is 17.8 Å². The van der Waals surface area contributed by atoms with Crippen molar-refractivity contribution in [2.45, 2.75) is 135 Å². The van der Waals surface area contributed by atoms with Crippen LogP contribution in [-0.2, 0) is 0 Å². The number of hydrogen-bond donors (Lipinski definition) is 0. The van der Waals surface area contributed by atoms with E-state index in [4.69, 9.17) is 0 Å². The molecule has 0 heterocycles. The van der Waals surface area contributed by atoms with Crippen LogP contribution in [0.3, 0.4) is 0 Å². The van der Waals surface area contributed by atoms with Gasteiger partial charge in [-0.2, -0.15) is 9.90 Å². The van der Waals surface area contributed by atoms with Crippen LogP contribution in [0.4, 0.5) is 0 Å². The standard InChI is InChI=1S/C33H48.H3P/c1-22(2)28-29(23(3)4)31(25-16-10-7-11-17-25)33(27-20-14-9-15-21-27)32(30(28)24(5)6)26-18-12-8-13-19-26;/h7,10-11,16-17,22-24,26-27H,8-9,12-15,18-21H2,1-6H3;1H3. The van der Waals surface area contributed by atoms with Crippen LogP contribution in [0, 0.1) is 0 Å². The van der Waals surface area contributed by atoms with Gasteiger partial charge < -0.3 is 0 Å². The molecule has 34 heavy (non-hydrogen) atoms. The van der Waals surface area contributed by atoms with Crippen molar-refractivity contribution in [3.8, 4) is 11.1 Å². The highest BCUT2D eigenvalue weighted by atomic mass is 31.0. The zero-order valence-electron chi connectivity index (χ0n) is 23.1. The lowest BCUT2D eigenvalue weighted by atomic mass is 9.66. The minimum atomic E-state index is 0. The molecule has 2 aliphatic carbocycles. The molecule has 1 unspecified atom stereocenters. The third kappa shape index (κ3) is 5.48. The molecular formula is C33H51P. The molecule has 0 bridgehead atoms. The Balaban J connectivity index is 0.00000324. The Morgan fingerprint density at radius 2 is 0.971 bits per heavy atom. The molecule has 0 aliphatic heterocycles. The van der Waals surface area contributed by atoms with Crippen LogP contribution in [0.25, 0.3) is 11.1 Å². The van der Waals surface area contributed by atoms with Crippen LogP contribution >= 0.6 is 9.90 Å². The fourth-order valence-electron chi connectivity index (χ4n) is 7.26. The first-order valence-corrected chi connectivity index (χ1v) is 14.2. The predicted molar refractivity (Wildman–Crippen MR) is 157 cm³/mol. The minimum absolute atomic E-state index is 0. The smallest absolute Gasteiger partial charge is 0.0108 e. The first kappa shape index (κ1) is 27.5. The molecule has 1 heteroatoms. The fourth-order valence-corrected chi connectivity index (χ4v) is 7.26. The second kappa shape index (κ2) is 12.2. The lowest BCUT2D eigenvalue weighted by Gasteiger charge is -2.39. The highest BCUT2D eigenvalue weighted by Gasteiger charge is 2.35. The van der Waals surface area contributed by atoms with Gasteiger partial charge >= 0.3 is 0 Å². The van der Waals surface area contributed by atoms with Crippen LogP contribution in [0.2, 0.25) is 0 Å². The highest BCUT2D eigenvalue weighted by molar-refractivity contribution is 6.92. The molecule has 4 rings (SSSR count). The van der Waals surface area contributed by atoms with Crippen molar-refractivity contribution in [2.24, 2.45) is 0 Å². The Kier molecular flexibility index (Phi) is 9.86. The fraction of sp³-hybridized carbons (Fsp3) is 0.636. The topological polar surface area (TPSA) is 0 Å². The number of hydrogen-bond acceptors (Lipinski definition) is 0. The van der Waals surface area contributed by atoms with Gasteiger partial charge in [0, 0.05) is 0 Å². The molecule has 0 nitrogen and oxygen atoms in total. The van der Waals surface area contributed by atoms with Crippen molar-refractivity contribution in [2.75, 3.05) is 0 Å². The summed E-state index contributed by atoms with van der Waals surface area (Å²) in [7, 11) is 0. The average molecular weight is 479 g/mol. The van der Waals surface area contributed by atoms with E-state index >= 15 is 0 Å².